The number of hydrogen-bond acceptors (Lipinski definition) is 4. The third kappa shape index (κ3) is 2.06. The van der Waals surface area contributed by atoms with E-state index in [-0.39, 0.29) is 21.5 Å². The van der Waals surface area contributed by atoms with Crippen LogP contribution in [0.25, 0.3) is 43.8 Å². The van der Waals surface area contributed by atoms with E-state index >= 15 is 0 Å². The fourth-order valence-electron chi connectivity index (χ4n) is 4.16. The van der Waals surface area contributed by atoms with Crippen LogP contribution in [0.3, 0.4) is 0 Å². The highest BCUT2D eigenvalue weighted by molar-refractivity contribution is 6.12. The van der Waals surface area contributed by atoms with E-state index in [1.807, 2.05) is 31.2 Å². The van der Waals surface area contributed by atoms with Crippen molar-refractivity contribution in [1.29, 1.82) is 0 Å². The maximum atomic E-state index is 12.9. The first kappa shape index (κ1) is 16.5. The van der Waals surface area contributed by atoms with Crippen LogP contribution in [-0.2, 0) is 0 Å². The van der Waals surface area contributed by atoms with Crippen molar-refractivity contribution in [3.05, 3.63) is 101 Å². The van der Waals surface area contributed by atoms with Gasteiger partial charge in [-0.3, -0.25) is 19.2 Å². The number of benzene rings is 5. The van der Waals surface area contributed by atoms with Gasteiger partial charge < -0.3 is 0 Å². The molecule has 0 heterocycles. The molecule has 0 amide bonds. The quantitative estimate of drug-likeness (QED) is 0.338. The van der Waals surface area contributed by atoms with Gasteiger partial charge in [-0.15, -0.1) is 0 Å². The van der Waals surface area contributed by atoms with E-state index in [9.17, 15) is 19.2 Å². The van der Waals surface area contributed by atoms with Gasteiger partial charge in [-0.05, 0) is 54.8 Å². The van der Waals surface area contributed by atoms with Crippen LogP contribution in [0.1, 0.15) is 11.1 Å². The summed E-state index contributed by atoms with van der Waals surface area (Å²) < 4.78 is 0. The highest BCUT2D eigenvalue weighted by Crippen LogP contribution is 2.37. The lowest BCUT2D eigenvalue weighted by Gasteiger charge is -2.16. The lowest BCUT2D eigenvalue weighted by molar-refractivity contribution is 1.44. The van der Waals surface area contributed by atoms with Gasteiger partial charge in [-0.2, -0.15) is 0 Å². The lowest BCUT2D eigenvalue weighted by atomic mass is 9.84. The third-order valence-corrected chi connectivity index (χ3v) is 5.41. The van der Waals surface area contributed by atoms with E-state index in [2.05, 4.69) is 0 Å². The Morgan fingerprint density at radius 2 is 0.964 bits per heavy atom. The fourth-order valence-corrected chi connectivity index (χ4v) is 4.16. The lowest BCUT2D eigenvalue weighted by Crippen LogP contribution is -2.31. The molecule has 134 valence electrons. The first-order valence-electron chi connectivity index (χ1n) is 8.95. The Morgan fingerprint density at radius 3 is 1.43 bits per heavy atom. The molecule has 3 aromatic carbocycles. The highest BCUT2D eigenvalue weighted by Gasteiger charge is 2.25. The van der Waals surface area contributed by atoms with Gasteiger partial charge in [0, 0.05) is 32.7 Å². The van der Waals surface area contributed by atoms with Gasteiger partial charge in [0.25, 0.3) is 0 Å². The van der Waals surface area contributed by atoms with Gasteiger partial charge in [-0.1, -0.05) is 29.8 Å². The zero-order valence-corrected chi connectivity index (χ0v) is 15.3. The molecule has 0 radical (unpaired) electrons. The van der Waals surface area contributed by atoms with E-state index in [4.69, 9.17) is 0 Å². The monoisotopic (exact) mass is 366 g/mol. The SMILES string of the molecule is Cc1cccc(-c2cc3c4c(c2)c(=O)c(=O)c2cc(C)cc(c2-4)c(=O)c3=O)c1. The number of rotatable bonds is 1. The number of hydrogen-bond donors (Lipinski definition) is 0. The van der Waals surface area contributed by atoms with Gasteiger partial charge in [0.2, 0.25) is 21.7 Å². The molecule has 0 unspecified atom stereocenters. The van der Waals surface area contributed by atoms with Crippen LogP contribution >= 0.6 is 0 Å². The molecule has 0 spiro atoms. The smallest absolute Gasteiger partial charge is 0.234 e. The van der Waals surface area contributed by atoms with Crippen molar-refractivity contribution in [1.82, 2.24) is 0 Å². The van der Waals surface area contributed by atoms with Crippen LogP contribution in [0.4, 0.5) is 0 Å². The molecule has 2 aliphatic carbocycles. The van der Waals surface area contributed by atoms with Crippen LogP contribution in [0.15, 0.2) is 67.7 Å². The molecule has 0 aliphatic heterocycles. The van der Waals surface area contributed by atoms with Crippen molar-refractivity contribution in [3.63, 3.8) is 0 Å². The van der Waals surface area contributed by atoms with E-state index in [1.165, 1.54) is 0 Å². The minimum Gasteiger partial charge on any atom is -0.285 e. The molecule has 5 rings (SSSR count). The summed E-state index contributed by atoms with van der Waals surface area (Å²) in [4.78, 5) is 51.3. The summed E-state index contributed by atoms with van der Waals surface area (Å²) in [6, 6.07) is 14.2. The second kappa shape index (κ2) is 5.42. The van der Waals surface area contributed by atoms with E-state index in [0.29, 0.717) is 22.3 Å². The molecule has 0 bridgehead atoms. The van der Waals surface area contributed by atoms with Crippen molar-refractivity contribution in [2.24, 2.45) is 0 Å². The maximum Gasteiger partial charge on any atom is 0.234 e. The Balaban J connectivity index is 2.10. The van der Waals surface area contributed by atoms with E-state index < -0.39 is 21.7 Å². The average molecular weight is 366 g/mol. The summed E-state index contributed by atoms with van der Waals surface area (Å²) in [6.45, 7) is 3.68. The fraction of sp³-hybridized carbons (Fsp3) is 0.0833. The first-order valence-corrected chi connectivity index (χ1v) is 8.95. The number of aryl methyl sites for hydroxylation is 2. The van der Waals surface area contributed by atoms with Gasteiger partial charge in [0.1, 0.15) is 0 Å². The van der Waals surface area contributed by atoms with Crippen LogP contribution in [0, 0.1) is 13.8 Å². The predicted molar refractivity (Wildman–Crippen MR) is 112 cm³/mol. The molecule has 4 nitrogen and oxygen atoms in total. The molecular weight excluding hydrogens is 352 g/mol. The largest absolute Gasteiger partial charge is 0.285 e. The molecule has 2 aliphatic rings. The van der Waals surface area contributed by atoms with Crippen LogP contribution in [0.2, 0.25) is 0 Å². The minimum atomic E-state index is -0.642. The van der Waals surface area contributed by atoms with Gasteiger partial charge in [0.05, 0.1) is 0 Å². The van der Waals surface area contributed by atoms with Crippen LogP contribution < -0.4 is 21.7 Å². The average Bonchev–Trinajstić information content (AvgIpc) is 2.68. The summed E-state index contributed by atoms with van der Waals surface area (Å²) in [5.74, 6) is 0. The molecule has 0 atom stereocenters. The van der Waals surface area contributed by atoms with Crippen molar-refractivity contribution < 1.29 is 0 Å². The van der Waals surface area contributed by atoms with E-state index in [1.54, 1.807) is 31.2 Å². The summed E-state index contributed by atoms with van der Waals surface area (Å²) in [6.07, 6.45) is 0. The first-order chi connectivity index (χ1) is 13.4. The Hall–Kier alpha value is -3.66. The molecule has 0 saturated heterocycles. The zero-order valence-electron chi connectivity index (χ0n) is 15.3. The van der Waals surface area contributed by atoms with Gasteiger partial charge in [-0.25, -0.2) is 0 Å². The summed E-state index contributed by atoms with van der Waals surface area (Å²) in [7, 11) is 0. The minimum absolute atomic E-state index is 0.192. The zero-order chi connectivity index (χ0) is 19.7. The van der Waals surface area contributed by atoms with Crippen LogP contribution in [0.5, 0.6) is 0 Å². The Labute approximate surface area is 158 Å². The molecule has 0 saturated carbocycles. The standard InChI is InChI=1S/C24H14O4/c1-11-4-3-5-13(6-11)14-9-17-20-18(10-14)24(28)22(26)16-8-12(2)7-15(19(16)20)21(25)23(17)27/h3-10H,1-2H3. The Kier molecular flexibility index (Phi) is 3.20. The second-order valence-corrected chi connectivity index (χ2v) is 7.37. The summed E-state index contributed by atoms with van der Waals surface area (Å²) in [5, 5.41) is 0.797. The topological polar surface area (TPSA) is 68.3 Å². The highest BCUT2D eigenvalue weighted by atomic mass is 16.2. The normalized spacial score (nSPS) is 11.8. The van der Waals surface area contributed by atoms with Gasteiger partial charge in [0.15, 0.2) is 0 Å². The van der Waals surface area contributed by atoms with Gasteiger partial charge >= 0.3 is 0 Å². The van der Waals surface area contributed by atoms with Crippen molar-refractivity contribution in [2.45, 2.75) is 13.8 Å². The van der Waals surface area contributed by atoms with Crippen molar-refractivity contribution in [2.75, 3.05) is 0 Å². The molecular formula is C24H14O4. The molecule has 0 N–H and O–H groups in total. The molecule has 28 heavy (non-hydrogen) atoms. The molecule has 0 aromatic heterocycles. The molecule has 3 aromatic rings. The Bertz CT molecular complexity index is 1510. The molecule has 4 heteroatoms. The summed E-state index contributed by atoms with van der Waals surface area (Å²) in [5.41, 5.74) is 1.42. The van der Waals surface area contributed by atoms with Crippen LogP contribution in [-0.4, -0.2) is 0 Å². The maximum absolute atomic E-state index is 12.9. The predicted octanol–water partition coefficient (Wildman–Crippen LogP) is 3.14. The van der Waals surface area contributed by atoms with Crippen molar-refractivity contribution >= 4 is 21.5 Å². The second-order valence-electron chi connectivity index (χ2n) is 7.37. The van der Waals surface area contributed by atoms with E-state index in [0.717, 1.165) is 11.1 Å². The van der Waals surface area contributed by atoms with Crippen molar-refractivity contribution in [3.8, 4) is 22.3 Å². The summed E-state index contributed by atoms with van der Waals surface area (Å²) >= 11 is 0. The Morgan fingerprint density at radius 1 is 0.500 bits per heavy atom. The molecule has 0 fully saturated rings. The third-order valence-electron chi connectivity index (χ3n) is 5.41.